The first-order chi connectivity index (χ1) is 10.8. The molecule has 8 nitrogen and oxygen atoms in total. The summed E-state index contributed by atoms with van der Waals surface area (Å²) in [7, 11) is -1.37. The van der Waals surface area contributed by atoms with Gasteiger partial charge in [0.2, 0.25) is 0 Å². The molecule has 1 aliphatic rings. The van der Waals surface area contributed by atoms with Crippen LogP contribution in [-0.4, -0.2) is 69.0 Å². The maximum atomic E-state index is 11.0. The van der Waals surface area contributed by atoms with E-state index in [1.807, 2.05) is 20.9 Å². The largest absolute Gasteiger partial charge is 0.324 e. The van der Waals surface area contributed by atoms with E-state index >= 15 is 0 Å². The molecular formula is C14H26N4O4S. The Bertz CT molecular complexity index is 594. The van der Waals surface area contributed by atoms with E-state index < -0.39 is 10.1 Å². The van der Waals surface area contributed by atoms with Gasteiger partial charge >= 0.3 is 6.01 Å². The number of nitrogens with zero attached hydrogens (tertiary/aromatic N) is 4. The zero-order chi connectivity index (χ0) is 17.0. The van der Waals surface area contributed by atoms with Gasteiger partial charge in [-0.15, -0.1) is 0 Å². The van der Waals surface area contributed by atoms with E-state index in [1.165, 1.54) is 0 Å². The van der Waals surface area contributed by atoms with Crippen molar-refractivity contribution in [2.24, 2.45) is 0 Å². The lowest BCUT2D eigenvalue weighted by atomic mass is 10.0. The molecule has 0 saturated carbocycles. The topological polar surface area (TPSA) is 88.8 Å². The van der Waals surface area contributed by atoms with E-state index in [-0.39, 0.29) is 12.5 Å². The molecule has 132 valence electrons. The van der Waals surface area contributed by atoms with Crippen molar-refractivity contribution in [3.63, 3.8) is 0 Å². The Hall–Kier alpha value is -1.19. The summed E-state index contributed by atoms with van der Waals surface area (Å²) in [6, 6.07) is 0.997. The van der Waals surface area contributed by atoms with Crippen LogP contribution >= 0.6 is 0 Å². The monoisotopic (exact) mass is 346 g/mol. The third kappa shape index (κ3) is 5.43. The Morgan fingerprint density at radius 1 is 1.39 bits per heavy atom. The summed E-state index contributed by atoms with van der Waals surface area (Å²) in [5.41, 5.74) is 0. The second-order valence-electron chi connectivity index (χ2n) is 6.31. The van der Waals surface area contributed by atoms with Crippen molar-refractivity contribution < 1.29 is 17.1 Å². The standard InChI is InChI=1S/C14H26N4O4S/c1-11(2)13-15-14(22-16-13)18-7-5-12(6-8-18)17(3)9-10-21-23(4,19)20/h11-12H,5-10H2,1-4H3. The van der Waals surface area contributed by atoms with Crippen molar-refractivity contribution in [1.82, 2.24) is 15.0 Å². The summed E-state index contributed by atoms with van der Waals surface area (Å²) < 4.78 is 32.1. The van der Waals surface area contributed by atoms with Gasteiger partial charge < -0.3 is 14.3 Å². The molecule has 0 radical (unpaired) electrons. The van der Waals surface area contributed by atoms with Crippen LogP contribution in [0.15, 0.2) is 4.52 Å². The lowest BCUT2D eigenvalue weighted by Gasteiger charge is -2.35. The number of rotatable bonds is 7. The lowest BCUT2D eigenvalue weighted by Crippen LogP contribution is -2.44. The predicted molar refractivity (Wildman–Crippen MR) is 87.0 cm³/mol. The SMILES string of the molecule is CC(C)c1noc(N2CCC(N(C)CCOS(C)(=O)=O)CC2)n1. The van der Waals surface area contributed by atoms with Crippen LogP contribution in [0.5, 0.6) is 0 Å². The lowest BCUT2D eigenvalue weighted by molar-refractivity contribution is 0.172. The molecule has 0 aromatic carbocycles. The highest BCUT2D eigenvalue weighted by molar-refractivity contribution is 7.85. The van der Waals surface area contributed by atoms with Crippen molar-refractivity contribution in [1.29, 1.82) is 0 Å². The van der Waals surface area contributed by atoms with Gasteiger partial charge in [-0.25, -0.2) is 0 Å². The van der Waals surface area contributed by atoms with Crippen molar-refractivity contribution in [3.8, 4) is 0 Å². The molecule has 0 aliphatic carbocycles. The Morgan fingerprint density at radius 2 is 2.04 bits per heavy atom. The molecule has 1 aromatic rings. The minimum atomic E-state index is -3.36. The van der Waals surface area contributed by atoms with Crippen LogP contribution in [0, 0.1) is 0 Å². The van der Waals surface area contributed by atoms with Gasteiger partial charge in [0, 0.05) is 31.6 Å². The highest BCUT2D eigenvalue weighted by Gasteiger charge is 2.25. The van der Waals surface area contributed by atoms with Gasteiger partial charge in [0.25, 0.3) is 10.1 Å². The first kappa shape index (κ1) is 18.2. The van der Waals surface area contributed by atoms with Crippen LogP contribution in [0.4, 0.5) is 6.01 Å². The molecule has 2 rings (SSSR count). The third-order valence-corrected chi connectivity index (χ3v) is 4.64. The quantitative estimate of drug-likeness (QED) is 0.677. The van der Waals surface area contributed by atoms with Gasteiger partial charge in [0.15, 0.2) is 5.82 Å². The Kier molecular flexibility index (Phi) is 5.99. The number of aromatic nitrogens is 2. The molecule has 0 bridgehead atoms. The Morgan fingerprint density at radius 3 is 2.57 bits per heavy atom. The summed E-state index contributed by atoms with van der Waals surface area (Å²) in [6.45, 7) is 6.55. The molecule has 1 fully saturated rings. The normalized spacial score (nSPS) is 17.4. The van der Waals surface area contributed by atoms with Crippen LogP contribution in [0.1, 0.15) is 38.4 Å². The molecule has 1 aromatic heterocycles. The minimum Gasteiger partial charge on any atom is -0.324 e. The molecule has 23 heavy (non-hydrogen) atoms. The number of anilines is 1. The molecule has 0 amide bonds. The van der Waals surface area contributed by atoms with Gasteiger partial charge in [-0.3, -0.25) is 4.18 Å². The molecule has 1 aliphatic heterocycles. The van der Waals surface area contributed by atoms with Crippen LogP contribution in [0.25, 0.3) is 0 Å². The smallest absolute Gasteiger partial charge is 0.324 e. The molecule has 0 N–H and O–H groups in total. The van der Waals surface area contributed by atoms with E-state index in [0.717, 1.165) is 38.0 Å². The predicted octanol–water partition coefficient (Wildman–Crippen LogP) is 1.07. The maximum absolute atomic E-state index is 11.0. The van der Waals surface area contributed by atoms with Crippen molar-refractivity contribution >= 4 is 16.1 Å². The third-order valence-electron chi connectivity index (χ3n) is 4.05. The van der Waals surface area contributed by atoms with E-state index in [1.54, 1.807) is 0 Å². The van der Waals surface area contributed by atoms with Crippen molar-refractivity contribution in [2.75, 3.05) is 44.4 Å². The molecule has 2 heterocycles. The van der Waals surface area contributed by atoms with Crippen molar-refractivity contribution in [3.05, 3.63) is 5.82 Å². The highest BCUT2D eigenvalue weighted by atomic mass is 32.2. The van der Waals surface area contributed by atoms with Crippen LogP contribution in [-0.2, 0) is 14.3 Å². The first-order valence-corrected chi connectivity index (χ1v) is 9.71. The number of hydrogen-bond acceptors (Lipinski definition) is 8. The minimum absolute atomic E-state index is 0.191. The van der Waals surface area contributed by atoms with Gasteiger partial charge in [-0.05, 0) is 19.9 Å². The average Bonchev–Trinajstić information content (AvgIpc) is 2.96. The first-order valence-electron chi connectivity index (χ1n) is 7.89. The Labute approximate surface area is 137 Å². The van der Waals surface area contributed by atoms with Crippen LogP contribution in [0.3, 0.4) is 0 Å². The van der Waals surface area contributed by atoms with E-state index in [9.17, 15) is 8.42 Å². The maximum Gasteiger partial charge on any atom is 0.324 e. The number of piperidine rings is 1. The average molecular weight is 346 g/mol. The van der Waals surface area contributed by atoms with Gasteiger partial charge in [0.05, 0.1) is 12.9 Å². The summed E-state index contributed by atoms with van der Waals surface area (Å²) in [5.74, 6) is 0.989. The molecule has 9 heteroatoms. The summed E-state index contributed by atoms with van der Waals surface area (Å²) in [4.78, 5) is 8.68. The summed E-state index contributed by atoms with van der Waals surface area (Å²) in [6.07, 6.45) is 3.00. The van der Waals surface area contributed by atoms with E-state index in [0.29, 0.717) is 18.6 Å². The Balaban J connectivity index is 1.78. The summed E-state index contributed by atoms with van der Waals surface area (Å²) >= 11 is 0. The highest BCUT2D eigenvalue weighted by Crippen LogP contribution is 2.22. The number of hydrogen-bond donors (Lipinski definition) is 0. The second kappa shape index (κ2) is 7.59. The summed E-state index contributed by atoms with van der Waals surface area (Å²) in [5, 5.41) is 4.00. The fourth-order valence-corrected chi connectivity index (χ4v) is 2.98. The van der Waals surface area contributed by atoms with Crippen molar-refractivity contribution in [2.45, 2.75) is 38.6 Å². The molecule has 0 spiro atoms. The molecular weight excluding hydrogens is 320 g/mol. The number of likely N-dealkylation sites (N-methyl/N-ethyl adjacent to an activating group) is 1. The molecule has 0 atom stereocenters. The van der Waals surface area contributed by atoms with Gasteiger partial charge in [-0.2, -0.15) is 13.4 Å². The van der Waals surface area contributed by atoms with E-state index in [4.69, 9.17) is 8.71 Å². The second-order valence-corrected chi connectivity index (χ2v) is 7.96. The molecule has 1 saturated heterocycles. The van der Waals surface area contributed by atoms with Crippen LogP contribution < -0.4 is 4.90 Å². The van der Waals surface area contributed by atoms with E-state index in [2.05, 4.69) is 19.9 Å². The van der Waals surface area contributed by atoms with Gasteiger partial charge in [0.1, 0.15) is 0 Å². The zero-order valence-electron chi connectivity index (χ0n) is 14.2. The molecule has 0 unspecified atom stereocenters. The fraction of sp³-hybridized carbons (Fsp3) is 0.857. The van der Waals surface area contributed by atoms with Crippen LogP contribution in [0.2, 0.25) is 0 Å². The van der Waals surface area contributed by atoms with Gasteiger partial charge in [-0.1, -0.05) is 19.0 Å². The fourth-order valence-electron chi connectivity index (χ4n) is 2.60. The zero-order valence-corrected chi connectivity index (χ0v) is 15.0.